The van der Waals surface area contributed by atoms with Gasteiger partial charge in [-0.05, 0) is 43.3 Å². The van der Waals surface area contributed by atoms with Crippen LogP contribution in [0.4, 0.5) is 0 Å². The van der Waals surface area contributed by atoms with Crippen LogP contribution in [0.1, 0.15) is 23.3 Å². The van der Waals surface area contributed by atoms with Crippen LogP contribution in [-0.4, -0.2) is 34.4 Å². The van der Waals surface area contributed by atoms with Crippen molar-refractivity contribution in [2.75, 3.05) is 13.2 Å². The monoisotopic (exact) mass is 404 g/mol. The third-order valence-electron chi connectivity index (χ3n) is 4.30. The fourth-order valence-corrected chi connectivity index (χ4v) is 2.83. The van der Waals surface area contributed by atoms with Crippen LogP contribution in [0.5, 0.6) is 5.75 Å². The number of aromatic nitrogens is 3. The van der Waals surface area contributed by atoms with Crippen LogP contribution >= 0.6 is 0 Å². The van der Waals surface area contributed by atoms with Gasteiger partial charge in [-0.1, -0.05) is 23.4 Å². The highest BCUT2D eigenvalue weighted by atomic mass is 16.5. The smallest absolute Gasteiger partial charge is 0.273 e. The van der Waals surface area contributed by atoms with Gasteiger partial charge in [-0.25, -0.2) is 0 Å². The van der Waals surface area contributed by atoms with E-state index < -0.39 is 0 Å². The Balaban J connectivity index is 1.31. The first-order valence-corrected chi connectivity index (χ1v) is 9.59. The minimum atomic E-state index is -0.335. The average Bonchev–Trinajstić information content (AvgIpc) is 3.45. The Labute approximate surface area is 172 Å². The second-order valence-corrected chi connectivity index (χ2v) is 6.41. The lowest BCUT2D eigenvalue weighted by Crippen LogP contribution is -2.26. The van der Waals surface area contributed by atoms with E-state index >= 15 is 0 Å². The first-order valence-electron chi connectivity index (χ1n) is 9.59. The van der Waals surface area contributed by atoms with Gasteiger partial charge >= 0.3 is 0 Å². The van der Waals surface area contributed by atoms with Gasteiger partial charge in [0.05, 0.1) is 6.61 Å². The number of benzene rings is 2. The zero-order valence-corrected chi connectivity index (χ0v) is 16.4. The van der Waals surface area contributed by atoms with Crippen molar-refractivity contribution in [1.29, 1.82) is 0 Å². The molecule has 0 atom stereocenters. The van der Waals surface area contributed by atoms with Crippen LogP contribution in [0.25, 0.3) is 22.8 Å². The number of hydrogen-bond donors (Lipinski definition) is 1. The maximum atomic E-state index is 12.3. The number of ether oxygens (including phenoxy) is 1. The molecule has 1 amide bonds. The Bertz CT molecular complexity index is 1100. The molecular weight excluding hydrogens is 384 g/mol. The highest BCUT2D eigenvalue weighted by molar-refractivity contribution is 5.93. The molecule has 8 nitrogen and oxygen atoms in total. The summed E-state index contributed by atoms with van der Waals surface area (Å²) in [6, 6.07) is 18.5. The van der Waals surface area contributed by atoms with E-state index in [2.05, 4.69) is 20.7 Å². The van der Waals surface area contributed by atoms with Crippen molar-refractivity contribution in [3.8, 4) is 28.5 Å². The van der Waals surface area contributed by atoms with Crippen LogP contribution in [0, 0.1) is 0 Å². The molecule has 8 heteroatoms. The minimum Gasteiger partial charge on any atom is -0.494 e. The largest absolute Gasteiger partial charge is 0.494 e. The van der Waals surface area contributed by atoms with Crippen molar-refractivity contribution in [2.24, 2.45) is 0 Å². The van der Waals surface area contributed by atoms with Crippen LogP contribution in [0.2, 0.25) is 0 Å². The number of hydrogen-bond acceptors (Lipinski definition) is 7. The summed E-state index contributed by atoms with van der Waals surface area (Å²) >= 11 is 0. The standard InChI is InChI=1S/C22H20N4O4/c1-2-28-17-10-8-15(9-11-17)19-14-18(26-30-19)21(27)23-13-12-20-24-25-22(29-20)16-6-4-3-5-7-16/h3-11,14H,2,12-13H2,1H3,(H,23,27). The molecule has 0 aliphatic rings. The third kappa shape index (κ3) is 4.54. The summed E-state index contributed by atoms with van der Waals surface area (Å²) in [5.74, 6) is 1.85. The number of carbonyl (C=O) groups is 1. The molecule has 0 bridgehead atoms. The normalized spacial score (nSPS) is 10.7. The Morgan fingerprint density at radius 3 is 2.60 bits per heavy atom. The molecular formula is C22H20N4O4. The summed E-state index contributed by atoms with van der Waals surface area (Å²) in [6.45, 7) is 2.86. The molecule has 2 heterocycles. The molecule has 4 rings (SSSR count). The molecule has 0 unspecified atom stereocenters. The fourth-order valence-electron chi connectivity index (χ4n) is 2.83. The molecule has 2 aromatic carbocycles. The molecule has 0 spiro atoms. The van der Waals surface area contributed by atoms with Crippen LogP contribution < -0.4 is 10.1 Å². The summed E-state index contributed by atoms with van der Waals surface area (Å²) < 4.78 is 16.3. The first-order chi connectivity index (χ1) is 14.7. The van der Waals surface area contributed by atoms with E-state index in [4.69, 9.17) is 13.7 Å². The van der Waals surface area contributed by atoms with E-state index in [1.54, 1.807) is 6.07 Å². The fraction of sp³-hybridized carbons (Fsp3) is 0.182. The second kappa shape index (κ2) is 9.04. The number of carbonyl (C=O) groups excluding carboxylic acids is 1. The average molecular weight is 404 g/mol. The van der Waals surface area contributed by atoms with Gasteiger partial charge in [-0.2, -0.15) is 0 Å². The molecule has 0 fully saturated rings. The number of nitrogens with one attached hydrogen (secondary N) is 1. The first kappa shape index (κ1) is 19.4. The summed E-state index contributed by atoms with van der Waals surface area (Å²) in [7, 11) is 0. The number of amides is 1. The molecule has 2 aromatic heterocycles. The maximum Gasteiger partial charge on any atom is 0.273 e. The van der Waals surface area contributed by atoms with Gasteiger partial charge in [0.1, 0.15) is 5.75 Å². The van der Waals surface area contributed by atoms with E-state index in [0.717, 1.165) is 16.9 Å². The van der Waals surface area contributed by atoms with Gasteiger partial charge in [0, 0.05) is 30.2 Å². The predicted molar refractivity (Wildman–Crippen MR) is 109 cm³/mol. The van der Waals surface area contributed by atoms with Crippen LogP contribution in [0.15, 0.2) is 69.6 Å². The van der Waals surface area contributed by atoms with E-state index in [1.165, 1.54) is 0 Å². The Hall–Kier alpha value is -3.94. The third-order valence-corrected chi connectivity index (χ3v) is 4.30. The topological polar surface area (TPSA) is 103 Å². The molecule has 0 saturated heterocycles. The van der Waals surface area contributed by atoms with E-state index in [1.807, 2.05) is 61.5 Å². The van der Waals surface area contributed by atoms with Crippen molar-refractivity contribution in [3.05, 3.63) is 72.2 Å². The summed E-state index contributed by atoms with van der Waals surface area (Å²) in [5.41, 5.74) is 1.86. The second-order valence-electron chi connectivity index (χ2n) is 6.41. The Morgan fingerprint density at radius 1 is 1.03 bits per heavy atom. The maximum absolute atomic E-state index is 12.3. The lowest BCUT2D eigenvalue weighted by molar-refractivity contribution is 0.0944. The summed E-state index contributed by atoms with van der Waals surface area (Å²) in [4.78, 5) is 12.3. The van der Waals surface area contributed by atoms with Gasteiger partial charge in [0.25, 0.3) is 5.91 Å². The Kier molecular flexibility index (Phi) is 5.84. The zero-order valence-electron chi connectivity index (χ0n) is 16.4. The quantitative estimate of drug-likeness (QED) is 0.477. The summed E-state index contributed by atoms with van der Waals surface area (Å²) in [6.07, 6.45) is 0.412. The van der Waals surface area contributed by atoms with Crippen molar-refractivity contribution in [1.82, 2.24) is 20.7 Å². The molecule has 0 saturated carbocycles. The molecule has 30 heavy (non-hydrogen) atoms. The number of rotatable bonds is 8. The van der Waals surface area contributed by atoms with Gasteiger partial charge in [0.15, 0.2) is 11.5 Å². The molecule has 152 valence electrons. The lowest BCUT2D eigenvalue weighted by atomic mass is 10.1. The minimum absolute atomic E-state index is 0.203. The molecule has 0 aliphatic heterocycles. The molecule has 0 aliphatic carbocycles. The van der Waals surface area contributed by atoms with Crippen LogP contribution in [0.3, 0.4) is 0 Å². The predicted octanol–water partition coefficient (Wildman–Crippen LogP) is 3.76. The van der Waals surface area contributed by atoms with Gasteiger partial charge in [0.2, 0.25) is 11.8 Å². The van der Waals surface area contributed by atoms with E-state index in [-0.39, 0.29) is 11.6 Å². The van der Waals surface area contributed by atoms with Gasteiger partial charge in [-0.3, -0.25) is 4.79 Å². The Morgan fingerprint density at radius 2 is 1.83 bits per heavy atom. The highest BCUT2D eigenvalue weighted by Crippen LogP contribution is 2.23. The van der Waals surface area contributed by atoms with Crippen LogP contribution in [-0.2, 0) is 6.42 Å². The van der Waals surface area contributed by atoms with E-state index in [9.17, 15) is 4.79 Å². The van der Waals surface area contributed by atoms with Crippen molar-refractivity contribution in [2.45, 2.75) is 13.3 Å². The van der Waals surface area contributed by atoms with Gasteiger partial charge in [-0.15, -0.1) is 10.2 Å². The van der Waals surface area contributed by atoms with E-state index in [0.29, 0.717) is 37.1 Å². The summed E-state index contributed by atoms with van der Waals surface area (Å²) in [5, 5.41) is 14.7. The van der Waals surface area contributed by atoms with Crippen molar-refractivity contribution in [3.63, 3.8) is 0 Å². The van der Waals surface area contributed by atoms with Gasteiger partial charge < -0.3 is 19.0 Å². The number of nitrogens with zero attached hydrogens (tertiary/aromatic N) is 3. The molecule has 4 aromatic rings. The van der Waals surface area contributed by atoms with Crippen molar-refractivity contribution >= 4 is 5.91 Å². The zero-order chi connectivity index (χ0) is 20.8. The SMILES string of the molecule is CCOc1ccc(-c2cc(C(=O)NCCc3nnc(-c4ccccc4)o3)no2)cc1. The molecule has 1 N–H and O–H groups in total. The lowest BCUT2D eigenvalue weighted by Gasteiger charge is -2.02. The molecule has 0 radical (unpaired) electrons. The van der Waals surface area contributed by atoms with Crippen molar-refractivity contribution < 1.29 is 18.5 Å². The highest BCUT2D eigenvalue weighted by Gasteiger charge is 2.14.